The molecular formula is C14H20Cl2NO2+. The first-order valence-electron chi connectivity index (χ1n) is 6.17. The number of nitrogens with one attached hydrogen (secondary N) is 1. The molecular weight excluding hydrogens is 285 g/mol. The molecule has 5 heteroatoms. The van der Waals surface area contributed by atoms with Crippen LogP contribution in [0.4, 0.5) is 0 Å². The van der Waals surface area contributed by atoms with Crippen LogP contribution in [-0.2, 0) is 4.74 Å². The molecule has 0 saturated carbocycles. The van der Waals surface area contributed by atoms with Crippen LogP contribution in [0.5, 0.6) is 0 Å². The number of quaternary nitrogens is 1. The van der Waals surface area contributed by atoms with Crippen LogP contribution in [0.15, 0.2) is 18.2 Å². The Hall–Kier alpha value is -0.770. The van der Waals surface area contributed by atoms with Crippen molar-refractivity contribution in [3.63, 3.8) is 0 Å². The van der Waals surface area contributed by atoms with E-state index in [9.17, 15) is 4.79 Å². The van der Waals surface area contributed by atoms with Crippen molar-refractivity contribution in [2.75, 3.05) is 20.2 Å². The minimum absolute atomic E-state index is 0.125. The molecule has 1 unspecified atom stereocenters. The fraction of sp³-hybridized carbons (Fsp3) is 0.500. The van der Waals surface area contributed by atoms with E-state index in [-0.39, 0.29) is 5.54 Å². The van der Waals surface area contributed by atoms with E-state index in [1.54, 1.807) is 12.1 Å². The second kappa shape index (κ2) is 6.60. The van der Waals surface area contributed by atoms with Crippen molar-refractivity contribution in [1.82, 2.24) is 0 Å². The van der Waals surface area contributed by atoms with Crippen LogP contribution in [-0.4, -0.2) is 31.7 Å². The van der Waals surface area contributed by atoms with E-state index >= 15 is 0 Å². The maximum absolute atomic E-state index is 11.9. The molecule has 0 aliphatic rings. The highest BCUT2D eigenvalue weighted by Crippen LogP contribution is 2.21. The molecule has 0 aliphatic carbocycles. The summed E-state index contributed by atoms with van der Waals surface area (Å²) < 4.78 is 5.23. The second-order valence-corrected chi connectivity index (χ2v) is 6.38. The molecule has 0 spiro atoms. The lowest BCUT2D eigenvalue weighted by Crippen LogP contribution is -3.16. The largest absolute Gasteiger partial charge is 0.456 e. The van der Waals surface area contributed by atoms with Gasteiger partial charge in [0.15, 0.2) is 0 Å². The number of ether oxygens (including phenoxy) is 1. The summed E-state index contributed by atoms with van der Waals surface area (Å²) in [6, 6.07) is 4.75. The fourth-order valence-electron chi connectivity index (χ4n) is 1.40. The smallest absolute Gasteiger partial charge is 0.339 e. The van der Waals surface area contributed by atoms with Crippen LogP contribution in [0, 0.1) is 0 Å². The van der Waals surface area contributed by atoms with Crippen molar-refractivity contribution in [1.29, 1.82) is 0 Å². The van der Waals surface area contributed by atoms with E-state index < -0.39 is 5.97 Å². The summed E-state index contributed by atoms with van der Waals surface area (Å²) in [5.41, 5.74) is 0.433. The van der Waals surface area contributed by atoms with E-state index in [1.807, 2.05) is 0 Å². The highest BCUT2D eigenvalue weighted by molar-refractivity contribution is 6.35. The zero-order chi connectivity index (χ0) is 14.6. The molecule has 106 valence electrons. The first-order valence-corrected chi connectivity index (χ1v) is 6.92. The SMILES string of the molecule is C[NH+](CCOC(=O)c1cc(Cl)ccc1Cl)C(C)(C)C. The van der Waals surface area contributed by atoms with Gasteiger partial charge in [-0.25, -0.2) is 4.79 Å². The van der Waals surface area contributed by atoms with Gasteiger partial charge >= 0.3 is 5.97 Å². The maximum atomic E-state index is 11.9. The highest BCUT2D eigenvalue weighted by atomic mass is 35.5. The highest BCUT2D eigenvalue weighted by Gasteiger charge is 2.21. The van der Waals surface area contributed by atoms with Crippen LogP contribution in [0.2, 0.25) is 10.0 Å². The lowest BCUT2D eigenvalue weighted by atomic mass is 10.1. The molecule has 3 nitrogen and oxygen atoms in total. The average molecular weight is 305 g/mol. The van der Waals surface area contributed by atoms with Crippen LogP contribution in [0.3, 0.4) is 0 Å². The van der Waals surface area contributed by atoms with E-state index in [4.69, 9.17) is 27.9 Å². The summed E-state index contributed by atoms with van der Waals surface area (Å²) in [6.07, 6.45) is 0. The van der Waals surface area contributed by atoms with Crippen molar-refractivity contribution in [2.45, 2.75) is 26.3 Å². The van der Waals surface area contributed by atoms with E-state index in [2.05, 4.69) is 27.8 Å². The number of carbonyl (C=O) groups excluding carboxylic acids is 1. The Labute approximate surface area is 124 Å². The van der Waals surface area contributed by atoms with Gasteiger partial charge in [-0.15, -0.1) is 0 Å². The Balaban J connectivity index is 2.55. The van der Waals surface area contributed by atoms with Gasteiger partial charge in [-0.2, -0.15) is 0 Å². The topological polar surface area (TPSA) is 30.7 Å². The van der Waals surface area contributed by atoms with Crippen molar-refractivity contribution in [3.05, 3.63) is 33.8 Å². The second-order valence-electron chi connectivity index (χ2n) is 5.54. The third-order valence-corrected chi connectivity index (χ3v) is 3.70. The van der Waals surface area contributed by atoms with E-state index in [0.29, 0.717) is 22.2 Å². The number of rotatable bonds is 4. The van der Waals surface area contributed by atoms with Gasteiger partial charge in [0.05, 0.1) is 23.2 Å². The fourth-order valence-corrected chi connectivity index (χ4v) is 1.77. The number of hydrogen-bond donors (Lipinski definition) is 1. The predicted molar refractivity (Wildman–Crippen MR) is 78.3 cm³/mol. The van der Waals surface area contributed by atoms with Crippen molar-refractivity contribution >= 4 is 29.2 Å². The summed E-state index contributed by atoms with van der Waals surface area (Å²) >= 11 is 11.8. The third kappa shape index (κ3) is 5.01. The van der Waals surface area contributed by atoms with Gasteiger partial charge in [0.2, 0.25) is 0 Å². The standard InChI is InChI=1S/C14H19Cl2NO2/c1-14(2,3)17(4)7-8-19-13(18)11-9-10(15)5-6-12(11)16/h5-6,9H,7-8H2,1-4H3/p+1. The summed E-state index contributed by atoms with van der Waals surface area (Å²) in [5, 5.41) is 0.819. The number of likely N-dealkylation sites (N-methyl/N-ethyl adjacent to an activating group) is 1. The minimum Gasteiger partial charge on any atom is -0.456 e. The number of hydrogen-bond acceptors (Lipinski definition) is 2. The van der Waals surface area contributed by atoms with Crippen LogP contribution in [0.25, 0.3) is 0 Å². The van der Waals surface area contributed by atoms with Gasteiger partial charge in [-0.3, -0.25) is 0 Å². The Morgan fingerprint density at radius 1 is 1.32 bits per heavy atom. The van der Waals surface area contributed by atoms with Gasteiger partial charge < -0.3 is 9.64 Å². The van der Waals surface area contributed by atoms with Crippen molar-refractivity contribution in [2.24, 2.45) is 0 Å². The number of esters is 1. The van der Waals surface area contributed by atoms with Gasteiger partial charge in [0.25, 0.3) is 0 Å². The molecule has 0 heterocycles. The Morgan fingerprint density at radius 3 is 2.53 bits per heavy atom. The summed E-state index contributed by atoms with van der Waals surface area (Å²) in [5.74, 6) is -0.436. The zero-order valence-electron chi connectivity index (χ0n) is 11.7. The van der Waals surface area contributed by atoms with E-state index in [1.165, 1.54) is 11.0 Å². The lowest BCUT2D eigenvalue weighted by Gasteiger charge is -2.28. The third-order valence-electron chi connectivity index (χ3n) is 3.14. The van der Waals surface area contributed by atoms with E-state index in [0.717, 1.165) is 6.54 Å². The normalized spacial score (nSPS) is 13.2. The molecule has 0 fully saturated rings. The first kappa shape index (κ1) is 16.3. The summed E-state index contributed by atoms with van der Waals surface area (Å²) in [7, 11) is 2.07. The molecule has 1 aromatic rings. The van der Waals surface area contributed by atoms with Gasteiger partial charge in [-0.1, -0.05) is 23.2 Å². The summed E-state index contributed by atoms with van der Waals surface area (Å²) in [6.45, 7) is 7.51. The molecule has 0 radical (unpaired) electrons. The predicted octanol–water partition coefficient (Wildman–Crippen LogP) is 2.46. The molecule has 0 aliphatic heterocycles. The monoisotopic (exact) mass is 304 g/mol. The van der Waals surface area contributed by atoms with Gasteiger partial charge in [0, 0.05) is 5.02 Å². The van der Waals surface area contributed by atoms with Crippen LogP contribution in [0.1, 0.15) is 31.1 Å². The molecule has 0 saturated heterocycles. The quantitative estimate of drug-likeness (QED) is 0.866. The Bertz CT molecular complexity index is 455. The molecule has 0 amide bonds. The number of halogens is 2. The molecule has 1 atom stereocenters. The molecule has 19 heavy (non-hydrogen) atoms. The summed E-state index contributed by atoms with van der Waals surface area (Å²) in [4.78, 5) is 13.2. The average Bonchev–Trinajstić information content (AvgIpc) is 2.30. The number of benzene rings is 1. The first-order chi connectivity index (χ1) is 8.71. The maximum Gasteiger partial charge on any atom is 0.339 e. The molecule has 1 N–H and O–H groups in total. The Morgan fingerprint density at radius 2 is 1.95 bits per heavy atom. The molecule has 0 aromatic heterocycles. The molecule has 0 bridgehead atoms. The van der Waals surface area contributed by atoms with Gasteiger partial charge in [0.1, 0.15) is 13.2 Å². The molecule has 1 rings (SSSR count). The lowest BCUT2D eigenvalue weighted by molar-refractivity contribution is -0.927. The van der Waals surface area contributed by atoms with Crippen molar-refractivity contribution in [3.8, 4) is 0 Å². The molecule has 1 aromatic carbocycles. The Kier molecular flexibility index (Phi) is 5.65. The number of carbonyl (C=O) groups is 1. The minimum atomic E-state index is -0.436. The van der Waals surface area contributed by atoms with Gasteiger partial charge in [-0.05, 0) is 39.0 Å². The van der Waals surface area contributed by atoms with Crippen molar-refractivity contribution < 1.29 is 14.4 Å². The zero-order valence-corrected chi connectivity index (χ0v) is 13.2. The van der Waals surface area contributed by atoms with Crippen LogP contribution >= 0.6 is 23.2 Å². The van der Waals surface area contributed by atoms with Crippen LogP contribution < -0.4 is 4.90 Å².